The first-order valence-electron chi connectivity index (χ1n) is 10.2. The first-order chi connectivity index (χ1) is 15.6. The van der Waals surface area contributed by atoms with E-state index in [4.69, 9.17) is 11.6 Å². The normalized spacial score (nSPS) is 15.2. The summed E-state index contributed by atoms with van der Waals surface area (Å²) in [5, 5.41) is 7.21. The fourth-order valence-electron chi connectivity index (χ4n) is 4.48. The van der Waals surface area contributed by atoms with E-state index in [0.29, 0.717) is 21.6 Å². The number of hydrogen-bond acceptors (Lipinski definition) is 2. The van der Waals surface area contributed by atoms with Crippen molar-refractivity contribution in [2.24, 2.45) is 0 Å². The van der Waals surface area contributed by atoms with Crippen LogP contribution in [0.1, 0.15) is 17.0 Å². The lowest BCUT2D eigenvalue weighted by molar-refractivity contribution is -0.116. The number of fused-ring (bicyclic) bond motifs is 2. The Hall–Kier alpha value is -4.03. The van der Waals surface area contributed by atoms with E-state index in [-0.39, 0.29) is 11.5 Å². The van der Waals surface area contributed by atoms with Crippen LogP contribution in [-0.2, 0) is 4.79 Å². The molecule has 3 heterocycles. The Morgan fingerprint density at radius 1 is 0.844 bits per heavy atom. The standard InChI is InChI=1S/C25H17ClN4O2/c26-15-12-10-14(11-13-15)22-20(19-17-8-4-5-9-18(17)27-24(19)31)21-23(28-22)29-30(25(21)32)16-6-2-1-3-7-16/h1-13,19,28-29H,(H,27,31). The summed E-state index contributed by atoms with van der Waals surface area (Å²) in [5.74, 6) is -0.771. The second kappa shape index (κ2) is 7.00. The summed E-state index contributed by atoms with van der Waals surface area (Å²) in [6.07, 6.45) is 0. The highest BCUT2D eigenvalue weighted by Gasteiger charge is 2.37. The van der Waals surface area contributed by atoms with Gasteiger partial charge in [0.1, 0.15) is 5.65 Å². The molecule has 6 nitrogen and oxygen atoms in total. The van der Waals surface area contributed by atoms with Crippen molar-refractivity contribution >= 4 is 34.2 Å². The zero-order valence-corrected chi connectivity index (χ0v) is 17.5. The number of nitrogens with one attached hydrogen (secondary N) is 3. The Kier molecular flexibility index (Phi) is 4.10. The molecule has 1 atom stereocenters. The predicted molar refractivity (Wildman–Crippen MR) is 126 cm³/mol. The molecule has 1 aliphatic rings. The molecular formula is C25H17ClN4O2. The van der Waals surface area contributed by atoms with Crippen LogP contribution in [0.4, 0.5) is 5.69 Å². The minimum absolute atomic E-state index is 0.158. The molecule has 5 aromatic rings. The number of benzene rings is 3. The third kappa shape index (κ3) is 2.73. The quantitative estimate of drug-likeness (QED) is 0.367. The Labute approximate surface area is 187 Å². The molecule has 1 unspecified atom stereocenters. The fraction of sp³-hybridized carbons (Fsp3) is 0.0400. The van der Waals surface area contributed by atoms with Gasteiger partial charge in [0.05, 0.1) is 22.7 Å². The van der Waals surface area contributed by atoms with Gasteiger partial charge in [-0.2, -0.15) is 0 Å². The number of H-pyrrole nitrogens is 2. The monoisotopic (exact) mass is 440 g/mol. The molecule has 156 valence electrons. The Balaban J connectivity index is 1.66. The van der Waals surface area contributed by atoms with Gasteiger partial charge in [0, 0.05) is 16.3 Å². The van der Waals surface area contributed by atoms with Crippen LogP contribution in [0.3, 0.4) is 0 Å². The van der Waals surface area contributed by atoms with Crippen LogP contribution in [-0.4, -0.2) is 20.7 Å². The Morgan fingerprint density at radius 3 is 2.34 bits per heavy atom. The number of carbonyl (C=O) groups is 1. The van der Waals surface area contributed by atoms with Crippen molar-refractivity contribution in [3.05, 3.63) is 105 Å². The maximum absolute atomic E-state index is 13.6. The number of carbonyl (C=O) groups excluding carboxylic acids is 1. The molecule has 0 bridgehead atoms. The Morgan fingerprint density at radius 2 is 1.56 bits per heavy atom. The first-order valence-corrected chi connectivity index (χ1v) is 10.6. The summed E-state index contributed by atoms with van der Waals surface area (Å²) in [4.78, 5) is 30.1. The van der Waals surface area contributed by atoms with Gasteiger partial charge in [-0.3, -0.25) is 14.7 Å². The zero-order valence-electron chi connectivity index (χ0n) is 16.7. The largest absolute Gasteiger partial charge is 0.339 e. The van der Waals surface area contributed by atoms with Crippen LogP contribution >= 0.6 is 11.6 Å². The highest BCUT2D eigenvalue weighted by Crippen LogP contribution is 2.43. The van der Waals surface area contributed by atoms with Crippen LogP contribution in [0, 0.1) is 0 Å². The van der Waals surface area contributed by atoms with Gasteiger partial charge in [-0.25, -0.2) is 4.68 Å². The van der Waals surface area contributed by atoms with Gasteiger partial charge in [-0.15, -0.1) is 0 Å². The fourth-order valence-corrected chi connectivity index (χ4v) is 4.61. The number of para-hydroxylation sites is 2. The van der Waals surface area contributed by atoms with E-state index in [0.717, 1.165) is 28.2 Å². The molecule has 0 spiro atoms. The number of anilines is 1. The number of aromatic amines is 2. The summed E-state index contributed by atoms with van der Waals surface area (Å²) in [7, 11) is 0. The van der Waals surface area contributed by atoms with E-state index >= 15 is 0 Å². The van der Waals surface area contributed by atoms with E-state index in [1.165, 1.54) is 4.68 Å². The van der Waals surface area contributed by atoms with Crippen LogP contribution in [0.15, 0.2) is 83.7 Å². The summed E-state index contributed by atoms with van der Waals surface area (Å²) < 4.78 is 1.50. The number of aromatic nitrogens is 3. The predicted octanol–water partition coefficient (Wildman–Crippen LogP) is 5.05. The van der Waals surface area contributed by atoms with Crippen LogP contribution in [0.25, 0.3) is 28.0 Å². The van der Waals surface area contributed by atoms with E-state index in [1.54, 1.807) is 12.1 Å². The van der Waals surface area contributed by atoms with Crippen LogP contribution in [0.2, 0.25) is 5.02 Å². The summed E-state index contributed by atoms with van der Waals surface area (Å²) in [5.41, 5.74) is 4.90. The van der Waals surface area contributed by atoms with Gasteiger partial charge in [0.2, 0.25) is 5.91 Å². The Bertz CT molecular complexity index is 1540. The molecule has 0 aliphatic carbocycles. The summed E-state index contributed by atoms with van der Waals surface area (Å²) in [6, 6.07) is 24.3. The molecule has 0 saturated carbocycles. The molecule has 1 aliphatic heterocycles. The maximum Gasteiger partial charge on any atom is 0.281 e. The van der Waals surface area contributed by atoms with Gasteiger partial charge in [-0.1, -0.05) is 60.1 Å². The average molecular weight is 441 g/mol. The molecule has 32 heavy (non-hydrogen) atoms. The molecule has 2 aromatic heterocycles. The lowest BCUT2D eigenvalue weighted by atomic mass is 9.89. The second-order valence-electron chi connectivity index (χ2n) is 7.77. The average Bonchev–Trinajstić information content (AvgIpc) is 3.44. The maximum atomic E-state index is 13.6. The van der Waals surface area contributed by atoms with Crippen molar-refractivity contribution in [2.75, 3.05) is 5.32 Å². The zero-order chi connectivity index (χ0) is 21.8. The van der Waals surface area contributed by atoms with Gasteiger partial charge in [0.15, 0.2) is 0 Å². The van der Waals surface area contributed by atoms with Crippen molar-refractivity contribution in [3.8, 4) is 16.9 Å². The number of rotatable bonds is 3. The lowest BCUT2D eigenvalue weighted by Gasteiger charge is -2.12. The highest BCUT2D eigenvalue weighted by atomic mass is 35.5. The van der Waals surface area contributed by atoms with Gasteiger partial charge in [0.25, 0.3) is 5.56 Å². The highest BCUT2D eigenvalue weighted by molar-refractivity contribution is 6.30. The molecular weight excluding hydrogens is 424 g/mol. The summed E-state index contributed by atoms with van der Waals surface area (Å²) in [6.45, 7) is 0. The van der Waals surface area contributed by atoms with E-state index in [1.807, 2.05) is 66.7 Å². The minimum atomic E-state index is -0.613. The molecule has 6 rings (SSSR count). The van der Waals surface area contributed by atoms with E-state index in [9.17, 15) is 9.59 Å². The van der Waals surface area contributed by atoms with Gasteiger partial charge < -0.3 is 10.3 Å². The lowest BCUT2D eigenvalue weighted by Crippen LogP contribution is -2.18. The second-order valence-corrected chi connectivity index (χ2v) is 8.20. The van der Waals surface area contributed by atoms with Gasteiger partial charge in [-0.05, 0) is 41.5 Å². The van der Waals surface area contributed by atoms with E-state index < -0.39 is 5.92 Å². The molecule has 7 heteroatoms. The smallest absolute Gasteiger partial charge is 0.281 e. The SMILES string of the molecule is O=C1Nc2ccccc2C1c1c(-c2ccc(Cl)cc2)[nH]c2[nH]n(-c3ccccc3)c(=O)c12. The van der Waals surface area contributed by atoms with Crippen molar-refractivity contribution in [1.82, 2.24) is 14.8 Å². The molecule has 0 saturated heterocycles. The number of hydrogen-bond donors (Lipinski definition) is 3. The minimum Gasteiger partial charge on any atom is -0.339 e. The third-order valence-corrected chi connectivity index (χ3v) is 6.16. The topological polar surface area (TPSA) is 82.7 Å². The molecule has 0 radical (unpaired) electrons. The molecule has 0 fully saturated rings. The molecule has 1 amide bonds. The number of halogens is 1. The third-order valence-electron chi connectivity index (χ3n) is 5.91. The summed E-state index contributed by atoms with van der Waals surface area (Å²) >= 11 is 6.09. The van der Waals surface area contributed by atoms with Gasteiger partial charge >= 0.3 is 0 Å². The van der Waals surface area contributed by atoms with Crippen molar-refractivity contribution in [2.45, 2.75) is 5.92 Å². The first kappa shape index (κ1) is 18.7. The van der Waals surface area contributed by atoms with Crippen molar-refractivity contribution in [1.29, 1.82) is 0 Å². The number of nitrogens with zero attached hydrogens (tertiary/aromatic N) is 1. The molecule has 3 N–H and O–H groups in total. The van der Waals surface area contributed by atoms with Crippen LogP contribution in [0.5, 0.6) is 0 Å². The van der Waals surface area contributed by atoms with Crippen LogP contribution < -0.4 is 10.9 Å². The van der Waals surface area contributed by atoms with E-state index in [2.05, 4.69) is 15.4 Å². The van der Waals surface area contributed by atoms with Crippen molar-refractivity contribution < 1.29 is 4.79 Å². The molecule has 3 aromatic carbocycles. The van der Waals surface area contributed by atoms with Crippen molar-refractivity contribution in [3.63, 3.8) is 0 Å². The number of amides is 1.